The summed E-state index contributed by atoms with van der Waals surface area (Å²) in [5.41, 5.74) is 4.44. The second kappa shape index (κ2) is 9.79. The molecule has 0 radical (unpaired) electrons. The van der Waals surface area contributed by atoms with Gasteiger partial charge < -0.3 is 4.57 Å². The number of carbonyl (C=O) groups excluding carboxylic acids is 1. The topological polar surface area (TPSA) is 115 Å². The van der Waals surface area contributed by atoms with Crippen LogP contribution < -0.4 is 5.43 Å². The van der Waals surface area contributed by atoms with Crippen LogP contribution in [0.1, 0.15) is 19.4 Å². The van der Waals surface area contributed by atoms with E-state index in [-0.39, 0.29) is 17.3 Å². The van der Waals surface area contributed by atoms with E-state index in [1.54, 1.807) is 19.1 Å². The fraction of sp³-hybridized carbons (Fsp3) is 0.200. The minimum absolute atomic E-state index is 0.0305. The van der Waals surface area contributed by atoms with Crippen LogP contribution in [0, 0.1) is 10.1 Å². The molecule has 1 N–H and O–H groups in total. The first kappa shape index (κ1) is 21.2. The van der Waals surface area contributed by atoms with Gasteiger partial charge in [-0.15, -0.1) is 10.2 Å². The lowest BCUT2D eigenvalue weighted by Gasteiger charge is -2.07. The Morgan fingerprint density at radius 3 is 2.67 bits per heavy atom. The number of carbonyl (C=O) groups is 1. The molecule has 154 valence electrons. The molecule has 30 heavy (non-hydrogen) atoms. The van der Waals surface area contributed by atoms with Crippen LogP contribution in [-0.4, -0.2) is 37.1 Å². The van der Waals surface area contributed by atoms with E-state index in [4.69, 9.17) is 0 Å². The second-order valence-corrected chi connectivity index (χ2v) is 7.19. The van der Waals surface area contributed by atoms with Gasteiger partial charge in [0.1, 0.15) is 0 Å². The fourth-order valence-electron chi connectivity index (χ4n) is 2.70. The van der Waals surface area contributed by atoms with Gasteiger partial charge >= 0.3 is 0 Å². The summed E-state index contributed by atoms with van der Waals surface area (Å²) in [5.74, 6) is 0.552. The van der Waals surface area contributed by atoms with Gasteiger partial charge in [-0.1, -0.05) is 54.2 Å². The Kier molecular flexibility index (Phi) is 6.91. The van der Waals surface area contributed by atoms with Crippen molar-refractivity contribution in [2.75, 3.05) is 5.75 Å². The first-order chi connectivity index (χ1) is 14.5. The molecule has 0 aliphatic carbocycles. The number of hydrogen-bond donors (Lipinski definition) is 1. The molecule has 1 aromatic heterocycles. The molecule has 0 aliphatic rings. The molecule has 0 bridgehead atoms. The van der Waals surface area contributed by atoms with Crippen LogP contribution in [0.3, 0.4) is 0 Å². The lowest BCUT2D eigenvalue weighted by Crippen LogP contribution is -2.21. The first-order valence-electron chi connectivity index (χ1n) is 9.19. The zero-order valence-electron chi connectivity index (χ0n) is 16.5. The molecule has 0 saturated carbocycles. The number of benzene rings is 2. The van der Waals surface area contributed by atoms with Crippen LogP contribution in [0.4, 0.5) is 5.69 Å². The predicted molar refractivity (Wildman–Crippen MR) is 115 cm³/mol. The van der Waals surface area contributed by atoms with Crippen molar-refractivity contribution >= 4 is 29.1 Å². The molecular formula is C20H20N6O3S. The summed E-state index contributed by atoms with van der Waals surface area (Å²) in [6.45, 7) is 4.34. The number of aromatic nitrogens is 3. The number of nitro benzene ring substituents is 1. The van der Waals surface area contributed by atoms with Crippen LogP contribution in [0.5, 0.6) is 0 Å². The van der Waals surface area contributed by atoms with E-state index < -0.39 is 4.92 Å². The van der Waals surface area contributed by atoms with Crippen molar-refractivity contribution in [3.05, 3.63) is 70.3 Å². The summed E-state index contributed by atoms with van der Waals surface area (Å²) in [6.07, 6.45) is 0. The molecule has 0 aliphatic heterocycles. The minimum Gasteiger partial charge on any atom is -0.302 e. The SMILES string of the molecule is CCn1c(SCC(=O)N/N=C(\C)c2cccc([N+](=O)[O-])c2)nnc1-c1ccccc1. The normalized spacial score (nSPS) is 11.3. The van der Waals surface area contributed by atoms with E-state index in [9.17, 15) is 14.9 Å². The Bertz CT molecular complexity index is 1080. The van der Waals surface area contributed by atoms with E-state index in [0.717, 1.165) is 11.4 Å². The summed E-state index contributed by atoms with van der Waals surface area (Å²) in [6, 6.07) is 15.8. The van der Waals surface area contributed by atoms with Gasteiger partial charge in [0, 0.05) is 29.8 Å². The number of nitro groups is 1. The van der Waals surface area contributed by atoms with Crippen LogP contribution >= 0.6 is 11.8 Å². The molecule has 1 heterocycles. The van der Waals surface area contributed by atoms with Crippen LogP contribution in [0.25, 0.3) is 11.4 Å². The Morgan fingerprint density at radius 2 is 1.97 bits per heavy atom. The van der Waals surface area contributed by atoms with Gasteiger partial charge in [-0.3, -0.25) is 14.9 Å². The number of thioether (sulfide) groups is 1. The highest BCUT2D eigenvalue weighted by Gasteiger charge is 2.14. The average molecular weight is 424 g/mol. The van der Waals surface area contributed by atoms with E-state index in [2.05, 4.69) is 20.7 Å². The van der Waals surface area contributed by atoms with Gasteiger partial charge in [0.05, 0.1) is 16.4 Å². The molecule has 2 aromatic carbocycles. The zero-order chi connectivity index (χ0) is 21.5. The number of nitrogens with one attached hydrogen (secondary N) is 1. The Hall–Kier alpha value is -3.53. The maximum atomic E-state index is 12.2. The maximum absolute atomic E-state index is 12.2. The summed E-state index contributed by atoms with van der Waals surface area (Å²) in [4.78, 5) is 22.6. The third-order valence-electron chi connectivity index (χ3n) is 4.22. The molecule has 0 spiro atoms. The highest BCUT2D eigenvalue weighted by Crippen LogP contribution is 2.23. The molecule has 9 nitrogen and oxygen atoms in total. The number of nitrogens with zero attached hydrogens (tertiary/aromatic N) is 5. The molecule has 3 rings (SSSR count). The van der Waals surface area contributed by atoms with Crippen LogP contribution in [0.2, 0.25) is 0 Å². The van der Waals surface area contributed by atoms with Gasteiger partial charge in [0.2, 0.25) is 0 Å². The molecule has 0 fully saturated rings. The lowest BCUT2D eigenvalue weighted by atomic mass is 10.1. The summed E-state index contributed by atoms with van der Waals surface area (Å²) in [5, 5.41) is 24.0. The lowest BCUT2D eigenvalue weighted by molar-refractivity contribution is -0.384. The standard InChI is InChI=1S/C20H20N6O3S/c1-3-25-19(15-8-5-4-6-9-15)23-24-20(25)30-13-18(27)22-21-14(2)16-10-7-11-17(12-16)26(28)29/h4-12H,3,13H2,1-2H3,(H,22,27)/b21-14+. The highest BCUT2D eigenvalue weighted by molar-refractivity contribution is 7.99. The molecule has 10 heteroatoms. The van der Waals surface area contributed by atoms with Crippen molar-refractivity contribution in [3.8, 4) is 11.4 Å². The number of rotatable bonds is 8. The van der Waals surface area contributed by atoms with E-state index in [1.807, 2.05) is 41.8 Å². The van der Waals surface area contributed by atoms with Crippen LogP contribution in [0.15, 0.2) is 64.9 Å². The van der Waals surface area contributed by atoms with Gasteiger partial charge in [0.15, 0.2) is 11.0 Å². The minimum atomic E-state index is -0.473. The largest absolute Gasteiger partial charge is 0.302 e. The second-order valence-electron chi connectivity index (χ2n) is 6.24. The van der Waals surface area contributed by atoms with Crippen LogP contribution in [-0.2, 0) is 11.3 Å². The quantitative estimate of drug-likeness (QED) is 0.256. The molecule has 0 atom stereocenters. The molecule has 0 unspecified atom stereocenters. The monoisotopic (exact) mass is 424 g/mol. The van der Waals surface area contributed by atoms with Crippen molar-refractivity contribution in [1.29, 1.82) is 0 Å². The third-order valence-corrected chi connectivity index (χ3v) is 5.19. The Morgan fingerprint density at radius 1 is 1.20 bits per heavy atom. The van der Waals surface area contributed by atoms with Gasteiger partial charge in [-0.2, -0.15) is 5.10 Å². The average Bonchev–Trinajstić information content (AvgIpc) is 3.19. The van der Waals surface area contributed by atoms with Gasteiger partial charge in [-0.05, 0) is 13.8 Å². The summed E-state index contributed by atoms with van der Waals surface area (Å²) in [7, 11) is 0. The zero-order valence-corrected chi connectivity index (χ0v) is 17.3. The van der Waals surface area contributed by atoms with Crippen molar-refractivity contribution < 1.29 is 9.72 Å². The van der Waals surface area contributed by atoms with Crippen molar-refractivity contribution in [2.45, 2.75) is 25.5 Å². The fourth-order valence-corrected chi connectivity index (χ4v) is 3.49. The van der Waals surface area contributed by atoms with Gasteiger partial charge in [0.25, 0.3) is 11.6 Å². The number of amides is 1. The van der Waals surface area contributed by atoms with Gasteiger partial charge in [-0.25, -0.2) is 5.43 Å². The number of non-ortho nitro benzene ring substituents is 1. The molecule has 1 amide bonds. The Balaban J connectivity index is 1.62. The number of hydrogen-bond acceptors (Lipinski definition) is 7. The number of hydrazone groups is 1. The van der Waals surface area contributed by atoms with E-state index in [1.165, 1.54) is 23.9 Å². The summed E-state index contributed by atoms with van der Waals surface area (Å²) < 4.78 is 1.95. The molecule has 0 saturated heterocycles. The highest BCUT2D eigenvalue weighted by atomic mass is 32.2. The van der Waals surface area contributed by atoms with Crippen molar-refractivity contribution in [3.63, 3.8) is 0 Å². The molecule has 3 aromatic rings. The summed E-state index contributed by atoms with van der Waals surface area (Å²) >= 11 is 1.27. The van der Waals surface area contributed by atoms with Crippen molar-refractivity contribution in [2.24, 2.45) is 5.10 Å². The van der Waals surface area contributed by atoms with E-state index in [0.29, 0.717) is 23.0 Å². The smallest absolute Gasteiger partial charge is 0.270 e. The maximum Gasteiger partial charge on any atom is 0.270 e. The Labute approximate surface area is 177 Å². The van der Waals surface area contributed by atoms with E-state index >= 15 is 0 Å². The molecular weight excluding hydrogens is 404 g/mol. The van der Waals surface area contributed by atoms with Crippen molar-refractivity contribution in [1.82, 2.24) is 20.2 Å². The third kappa shape index (κ3) is 5.09. The first-order valence-corrected chi connectivity index (χ1v) is 10.2. The predicted octanol–water partition coefficient (Wildman–Crippen LogP) is 3.51.